The Hall–Kier alpha value is -3.80. The first-order valence-electron chi connectivity index (χ1n) is 12.9. The lowest BCUT2D eigenvalue weighted by Gasteiger charge is -2.24. The minimum Gasteiger partial charge on any atom is -0.443 e. The number of hydrogen-bond acceptors (Lipinski definition) is 8. The Morgan fingerprint density at radius 1 is 1.33 bits per heavy atom. The molecule has 4 heterocycles. The summed E-state index contributed by atoms with van der Waals surface area (Å²) >= 11 is 1.32. The van der Waals surface area contributed by atoms with Gasteiger partial charge in [-0.1, -0.05) is 12.6 Å². The first-order valence-corrected chi connectivity index (χ1v) is 13.7. The SMILES string of the molecule is C=CC(=O)N1CCCC1Cn1c(NC(=O)c2ccc(-c3cnco3)s2)nc2cc(CNC(C)COC)ccc21. The second-order valence-electron chi connectivity index (χ2n) is 9.62. The molecule has 3 aromatic heterocycles. The van der Waals surface area contributed by atoms with Crippen LogP contribution in [-0.2, 0) is 22.6 Å². The van der Waals surface area contributed by atoms with Crippen molar-refractivity contribution in [1.82, 2.24) is 24.8 Å². The van der Waals surface area contributed by atoms with Gasteiger partial charge in [0, 0.05) is 32.8 Å². The number of methoxy groups -OCH3 is 1. The number of thiophene rings is 1. The number of rotatable bonds is 11. The second kappa shape index (κ2) is 11.9. The number of hydrogen-bond donors (Lipinski definition) is 2. The molecular weight excluding hydrogens is 516 g/mol. The molecule has 0 aliphatic carbocycles. The van der Waals surface area contributed by atoms with Crippen LogP contribution in [0.2, 0.25) is 0 Å². The quantitative estimate of drug-likeness (QED) is 0.269. The van der Waals surface area contributed by atoms with Gasteiger partial charge in [-0.05, 0) is 55.7 Å². The maximum Gasteiger partial charge on any atom is 0.268 e. The number of nitrogens with one attached hydrogen (secondary N) is 2. The van der Waals surface area contributed by atoms with Crippen molar-refractivity contribution in [2.24, 2.45) is 0 Å². The molecule has 2 N–H and O–H groups in total. The lowest BCUT2D eigenvalue weighted by Crippen LogP contribution is -2.37. The zero-order valence-corrected chi connectivity index (χ0v) is 22.9. The summed E-state index contributed by atoms with van der Waals surface area (Å²) in [5, 5.41) is 6.46. The molecule has 1 aliphatic rings. The van der Waals surface area contributed by atoms with E-state index in [-0.39, 0.29) is 23.9 Å². The predicted octanol–water partition coefficient (Wildman–Crippen LogP) is 4.31. The van der Waals surface area contributed by atoms with Crippen molar-refractivity contribution in [2.75, 3.05) is 25.6 Å². The predicted molar refractivity (Wildman–Crippen MR) is 151 cm³/mol. The number of likely N-dealkylation sites (tertiary alicyclic amines) is 1. The Kier molecular flexibility index (Phi) is 8.20. The molecule has 5 rings (SSSR count). The zero-order valence-electron chi connectivity index (χ0n) is 22.1. The number of nitrogens with zero attached hydrogens (tertiary/aromatic N) is 4. The Labute approximate surface area is 230 Å². The lowest BCUT2D eigenvalue weighted by molar-refractivity contribution is -0.126. The van der Waals surface area contributed by atoms with Gasteiger partial charge in [0.15, 0.2) is 12.2 Å². The topological polar surface area (TPSA) is 115 Å². The molecule has 1 aliphatic heterocycles. The summed E-state index contributed by atoms with van der Waals surface area (Å²) in [4.78, 5) is 37.7. The number of imidazole rings is 1. The minimum atomic E-state index is -0.261. The standard InChI is InChI=1S/C28H32N6O4S/c1-4-26(35)33-11-5-6-20(33)15-34-22-8-7-19(13-30-18(2)16-37-3)12-21(22)31-28(34)32-27(36)25-10-9-24(39-25)23-14-29-17-38-23/h4,7-10,12,14,17-18,20,30H,1,5-6,11,13,15-16H2,2-3H3,(H,31,32,36). The van der Waals surface area contributed by atoms with E-state index in [0.717, 1.165) is 34.3 Å². The summed E-state index contributed by atoms with van der Waals surface area (Å²) in [5.41, 5.74) is 2.75. The molecule has 2 atom stereocenters. The van der Waals surface area contributed by atoms with Gasteiger partial charge in [0.1, 0.15) is 0 Å². The molecule has 0 saturated carbocycles. The van der Waals surface area contributed by atoms with Gasteiger partial charge in [-0.25, -0.2) is 9.97 Å². The Morgan fingerprint density at radius 3 is 2.97 bits per heavy atom. The summed E-state index contributed by atoms with van der Waals surface area (Å²) in [7, 11) is 1.69. The van der Waals surface area contributed by atoms with Crippen LogP contribution in [0, 0.1) is 0 Å². The number of fused-ring (bicyclic) bond motifs is 1. The van der Waals surface area contributed by atoms with Crippen molar-refractivity contribution < 1.29 is 18.7 Å². The minimum absolute atomic E-state index is 0.0143. The molecule has 10 nitrogen and oxygen atoms in total. The third-order valence-corrected chi connectivity index (χ3v) is 7.94. The number of carbonyl (C=O) groups is 2. The van der Waals surface area contributed by atoms with Crippen LogP contribution in [0.15, 0.2) is 60.0 Å². The van der Waals surface area contributed by atoms with Crippen molar-refractivity contribution >= 4 is 40.1 Å². The number of aromatic nitrogens is 3. The Balaban J connectivity index is 1.43. The molecule has 4 aromatic rings. The molecule has 2 unspecified atom stereocenters. The third kappa shape index (κ3) is 5.95. The molecule has 0 bridgehead atoms. The van der Waals surface area contributed by atoms with Crippen LogP contribution < -0.4 is 10.6 Å². The van der Waals surface area contributed by atoms with E-state index in [0.29, 0.717) is 42.8 Å². The normalized spacial score (nSPS) is 16.1. The summed E-state index contributed by atoms with van der Waals surface area (Å²) in [6.45, 7) is 8.22. The maximum atomic E-state index is 13.3. The van der Waals surface area contributed by atoms with Crippen molar-refractivity contribution in [3.63, 3.8) is 0 Å². The van der Waals surface area contributed by atoms with Gasteiger partial charge in [0.25, 0.3) is 5.91 Å². The van der Waals surface area contributed by atoms with E-state index < -0.39 is 0 Å². The van der Waals surface area contributed by atoms with E-state index in [1.807, 2.05) is 27.7 Å². The van der Waals surface area contributed by atoms with Crippen molar-refractivity contribution in [3.8, 4) is 10.6 Å². The maximum absolute atomic E-state index is 13.3. The number of amides is 2. The molecule has 0 spiro atoms. The molecule has 1 saturated heterocycles. The summed E-state index contributed by atoms with van der Waals surface area (Å²) in [6, 6.07) is 9.91. The van der Waals surface area contributed by atoms with E-state index in [9.17, 15) is 9.59 Å². The zero-order chi connectivity index (χ0) is 27.4. The van der Waals surface area contributed by atoms with Crippen LogP contribution in [-0.4, -0.2) is 63.6 Å². The molecule has 0 radical (unpaired) electrons. The highest BCUT2D eigenvalue weighted by atomic mass is 32.1. The number of anilines is 1. The molecule has 1 fully saturated rings. The van der Waals surface area contributed by atoms with E-state index in [2.05, 4.69) is 35.2 Å². The Bertz CT molecular complexity index is 1460. The van der Waals surface area contributed by atoms with Gasteiger partial charge in [-0.15, -0.1) is 11.3 Å². The molecule has 39 heavy (non-hydrogen) atoms. The van der Waals surface area contributed by atoms with Crippen LogP contribution in [0.1, 0.15) is 35.0 Å². The highest BCUT2D eigenvalue weighted by molar-refractivity contribution is 7.17. The number of oxazole rings is 1. The third-order valence-electron chi connectivity index (χ3n) is 6.84. The summed E-state index contributed by atoms with van der Waals surface area (Å²) in [6.07, 6.45) is 6.14. The van der Waals surface area contributed by atoms with Gasteiger partial charge >= 0.3 is 0 Å². The Morgan fingerprint density at radius 2 is 2.21 bits per heavy atom. The first-order chi connectivity index (χ1) is 19.0. The van der Waals surface area contributed by atoms with Gasteiger partial charge < -0.3 is 23.9 Å². The lowest BCUT2D eigenvalue weighted by atomic mass is 10.1. The van der Waals surface area contributed by atoms with Crippen LogP contribution in [0.5, 0.6) is 0 Å². The average molecular weight is 549 g/mol. The summed E-state index contributed by atoms with van der Waals surface area (Å²) in [5.74, 6) is 0.716. The smallest absolute Gasteiger partial charge is 0.268 e. The van der Waals surface area contributed by atoms with Crippen molar-refractivity contribution in [1.29, 1.82) is 0 Å². The highest BCUT2D eigenvalue weighted by Crippen LogP contribution is 2.30. The van der Waals surface area contributed by atoms with Crippen LogP contribution in [0.25, 0.3) is 21.7 Å². The van der Waals surface area contributed by atoms with Gasteiger partial charge in [-0.2, -0.15) is 0 Å². The van der Waals surface area contributed by atoms with E-state index in [4.69, 9.17) is 14.1 Å². The number of carbonyl (C=O) groups excluding carboxylic acids is 2. The highest BCUT2D eigenvalue weighted by Gasteiger charge is 2.29. The number of ether oxygens (including phenoxy) is 1. The number of benzene rings is 1. The van der Waals surface area contributed by atoms with E-state index in [1.54, 1.807) is 19.4 Å². The largest absolute Gasteiger partial charge is 0.443 e. The van der Waals surface area contributed by atoms with E-state index in [1.165, 1.54) is 23.8 Å². The molecule has 2 amide bonds. The van der Waals surface area contributed by atoms with Crippen LogP contribution >= 0.6 is 11.3 Å². The van der Waals surface area contributed by atoms with Gasteiger partial charge in [-0.3, -0.25) is 14.9 Å². The second-order valence-corrected chi connectivity index (χ2v) is 10.7. The summed E-state index contributed by atoms with van der Waals surface area (Å²) < 4.78 is 12.6. The fourth-order valence-corrected chi connectivity index (χ4v) is 5.76. The molecule has 1 aromatic carbocycles. The molecule has 204 valence electrons. The molecular formula is C28H32N6O4S. The molecule has 11 heteroatoms. The fourth-order valence-electron chi connectivity index (χ4n) is 4.90. The van der Waals surface area contributed by atoms with Crippen LogP contribution in [0.3, 0.4) is 0 Å². The van der Waals surface area contributed by atoms with Crippen molar-refractivity contribution in [2.45, 2.75) is 44.9 Å². The van der Waals surface area contributed by atoms with Gasteiger partial charge in [0.05, 0.1) is 39.6 Å². The van der Waals surface area contributed by atoms with Crippen molar-refractivity contribution in [3.05, 3.63) is 66.0 Å². The fraction of sp³-hybridized carbons (Fsp3) is 0.357. The van der Waals surface area contributed by atoms with Crippen LogP contribution in [0.4, 0.5) is 5.95 Å². The average Bonchev–Trinajstić information content (AvgIpc) is 3.74. The first kappa shape index (κ1) is 26.8. The van der Waals surface area contributed by atoms with E-state index >= 15 is 0 Å². The monoisotopic (exact) mass is 548 g/mol. The van der Waals surface area contributed by atoms with Gasteiger partial charge in [0.2, 0.25) is 11.9 Å².